The number of carbonyl (C=O) groups excluding carboxylic acids is 1. The molecule has 26 heavy (non-hydrogen) atoms. The molecule has 2 aliphatic rings. The topological polar surface area (TPSA) is 93.4 Å². The molecule has 8 heteroatoms. The Balaban J connectivity index is 1.64. The number of carbonyl (C=O) groups is 1. The second-order valence-corrected chi connectivity index (χ2v) is 6.73. The molecular formula is C18H18O8. The quantitative estimate of drug-likeness (QED) is 0.606. The number of fused-ring (bicyclic) bond motifs is 2. The summed E-state index contributed by atoms with van der Waals surface area (Å²) in [6.07, 6.45) is -3.63. The number of rotatable bonds is 3. The van der Waals surface area contributed by atoms with Crippen molar-refractivity contribution in [2.45, 2.75) is 44.1 Å². The van der Waals surface area contributed by atoms with Gasteiger partial charge in [0.1, 0.15) is 17.4 Å². The third-order valence-electron chi connectivity index (χ3n) is 4.56. The maximum atomic E-state index is 11.6. The van der Waals surface area contributed by atoms with Gasteiger partial charge in [-0.2, -0.15) is 0 Å². The Morgan fingerprint density at radius 3 is 2.54 bits per heavy atom. The van der Waals surface area contributed by atoms with Gasteiger partial charge in [0.2, 0.25) is 12.4 Å². The molecule has 2 saturated heterocycles. The highest BCUT2D eigenvalue weighted by Crippen LogP contribution is 2.38. The van der Waals surface area contributed by atoms with Crippen LogP contribution in [0.1, 0.15) is 13.8 Å². The Labute approximate surface area is 148 Å². The molecule has 2 aromatic rings. The summed E-state index contributed by atoms with van der Waals surface area (Å²) < 4.78 is 33.0. The van der Waals surface area contributed by atoms with Gasteiger partial charge in [-0.1, -0.05) is 0 Å². The highest BCUT2D eigenvalue weighted by molar-refractivity contribution is 5.77. The normalized spacial score (nSPS) is 29.7. The lowest BCUT2D eigenvalue weighted by atomic mass is 9.89. The van der Waals surface area contributed by atoms with Gasteiger partial charge in [-0.25, -0.2) is 9.59 Å². The van der Waals surface area contributed by atoms with Crippen LogP contribution in [0.4, 0.5) is 4.79 Å². The van der Waals surface area contributed by atoms with Gasteiger partial charge in [0.15, 0.2) is 6.10 Å². The molecule has 2 aliphatic heterocycles. The SMILES string of the molecule is COC1C2OC(=O)OC2C(Oc2ccc3ccc(=O)oc3c2)OC1(C)C. The van der Waals surface area contributed by atoms with Crippen molar-refractivity contribution in [1.29, 1.82) is 0 Å². The van der Waals surface area contributed by atoms with E-state index in [9.17, 15) is 9.59 Å². The summed E-state index contributed by atoms with van der Waals surface area (Å²) in [6.45, 7) is 3.64. The Kier molecular flexibility index (Phi) is 3.89. The Bertz CT molecular complexity index is 901. The molecule has 0 bridgehead atoms. The Morgan fingerprint density at radius 1 is 1.04 bits per heavy atom. The largest absolute Gasteiger partial charge is 0.509 e. The summed E-state index contributed by atoms with van der Waals surface area (Å²) in [4.78, 5) is 23.0. The van der Waals surface area contributed by atoms with Crippen LogP contribution in [0.2, 0.25) is 0 Å². The predicted molar refractivity (Wildman–Crippen MR) is 88.0 cm³/mol. The molecule has 8 nitrogen and oxygen atoms in total. The fourth-order valence-electron chi connectivity index (χ4n) is 3.42. The molecule has 4 atom stereocenters. The summed E-state index contributed by atoms with van der Waals surface area (Å²) in [5.41, 5.74) is -0.847. The van der Waals surface area contributed by atoms with Crippen molar-refractivity contribution in [2.75, 3.05) is 7.11 Å². The van der Waals surface area contributed by atoms with E-state index in [1.165, 1.54) is 13.2 Å². The number of methoxy groups -OCH3 is 1. The Morgan fingerprint density at radius 2 is 1.77 bits per heavy atom. The Hall–Kier alpha value is -2.58. The van der Waals surface area contributed by atoms with E-state index in [4.69, 9.17) is 28.1 Å². The van der Waals surface area contributed by atoms with Gasteiger partial charge >= 0.3 is 11.8 Å². The highest BCUT2D eigenvalue weighted by Gasteiger charge is 2.58. The second-order valence-electron chi connectivity index (χ2n) is 6.73. The molecule has 0 N–H and O–H groups in total. The van der Waals surface area contributed by atoms with E-state index in [1.54, 1.807) is 24.3 Å². The van der Waals surface area contributed by atoms with Crippen molar-refractivity contribution >= 4 is 17.1 Å². The van der Waals surface area contributed by atoms with E-state index in [1.807, 2.05) is 13.8 Å². The van der Waals surface area contributed by atoms with Crippen molar-refractivity contribution in [1.82, 2.24) is 0 Å². The molecule has 0 radical (unpaired) electrons. The average Bonchev–Trinajstić information content (AvgIpc) is 2.95. The molecule has 4 unspecified atom stereocenters. The van der Waals surface area contributed by atoms with Crippen LogP contribution in [-0.2, 0) is 18.9 Å². The van der Waals surface area contributed by atoms with E-state index in [2.05, 4.69) is 0 Å². The molecule has 0 aliphatic carbocycles. The standard InChI is InChI=1S/C18H18O8/c1-18(2)15(21-3)13-14(25-17(20)24-13)16(26-18)22-10-6-4-9-5-7-12(19)23-11(9)8-10/h4-8,13-16H,1-3H3. The fourth-order valence-corrected chi connectivity index (χ4v) is 3.42. The van der Waals surface area contributed by atoms with Crippen LogP contribution < -0.4 is 10.4 Å². The fraction of sp³-hybridized carbons (Fsp3) is 0.444. The summed E-state index contributed by atoms with van der Waals surface area (Å²) in [6, 6.07) is 8.07. The van der Waals surface area contributed by atoms with E-state index in [0.717, 1.165) is 5.39 Å². The minimum absolute atomic E-state index is 0.385. The van der Waals surface area contributed by atoms with Crippen molar-refractivity contribution < 1.29 is 32.9 Å². The van der Waals surface area contributed by atoms with Gasteiger partial charge < -0.3 is 28.1 Å². The zero-order chi connectivity index (χ0) is 18.5. The van der Waals surface area contributed by atoms with Crippen LogP contribution in [0.5, 0.6) is 5.75 Å². The zero-order valence-corrected chi connectivity index (χ0v) is 14.5. The van der Waals surface area contributed by atoms with Gasteiger partial charge in [0.25, 0.3) is 0 Å². The lowest BCUT2D eigenvalue weighted by Gasteiger charge is -2.45. The number of benzene rings is 1. The van der Waals surface area contributed by atoms with Gasteiger partial charge in [-0.05, 0) is 32.0 Å². The van der Waals surface area contributed by atoms with Gasteiger partial charge in [-0.3, -0.25) is 0 Å². The minimum atomic E-state index is -0.902. The zero-order valence-electron chi connectivity index (χ0n) is 14.5. The van der Waals surface area contributed by atoms with Crippen molar-refractivity contribution in [3.8, 4) is 5.75 Å². The van der Waals surface area contributed by atoms with E-state index in [0.29, 0.717) is 11.3 Å². The second kappa shape index (κ2) is 6.00. The average molecular weight is 362 g/mol. The van der Waals surface area contributed by atoms with Crippen LogP contribution >= 0.6 is 0 Å². The molecule has 1 aromatic carbocycles. The predicted octanol–water partition coefficient (Wildman–Crippen LogP) is 2.23. The monoisotopic (exact) mass is 362 g/mol. The molecule has 0 amide bonds. The third-order valence-corrected chi connectivity index (χ3v) is 4.56. The summed E-state index contributed by atoms with van der Waals surface area (Å²) >= 11 is 0. The molecule has 2 fully saturated rings. The van der Waals surface area contributed by atoms with E-state index >= 15 is 0 Å². The van der Waals surface area contributed by atoms with Crippen LogP contribution in [-0.4, -0.2) is 43.5 Å². The molecule has 0 saturated carbocycles. The first kappa shape index (κ1) is 16.9. The van der Waals surface area contributed by atoms with Gasteiger partial charge in [0, 0.05) is 24.6 Å². The molecule has 138 valence electrons. The van der Waals surface area contributed by atoms with E-state index < -0.39 is 42.0 Å². The lowest BCUT2D eigenvalue weighted by molar-refractivity contribution is -0.282. The maximum absolute atomic E-state index is 11.6. The van der Waals surface area contributed by atoms with Crippen LogP contribution in [0.3, 0.4) is 0 Å². The van der Waals surface area contributed by atoms with Gasteiger partial charge in [0.05, 0.1) is 5.60 Å². The van der Waals surface area contributed by atoms with Crippen molar-refractivity contribution in [3.05, 3.63) is 40.8 Å². The number of ether oxygens (including phenoxy) is 5. The van der Waals surface area contributed by atoms with Crippen LogP contribution in [0, 0.1) is 0 Å². The summed E-state index contributed by atoms with van der Waals surface area (Å²) in [5.74, 6) is 0.408. The number of hydrogen-bond acceptors (Lipinski definition) is 8. The molecule has 3 heterocycles. The minimum Gasteiger partial charge on any atom is -0.461 e. The van der Waals surface area contributed by atoms with E-state index in [-0.39, 0.29) is 0 Å². The first-order valence-corrected chi connectivity index (χ1v) is 8.16. The summed E-state index contributed by atoms with van der Waals surface area (Å²) in [7, 11) is 1.52. The third kappa shape index (κ3) is 2.81. The molecule has 1 aromatic heterocycles. The maximum Gasteiger partial charge on any atom is 0.509 e. The lowest BCUT2D eigenvalue weighted by Crippen LogP contribution is -2.62. The first-order chi connectivity index (χ1) is 12.4. The highest BCUT2D eigenvalue weighted by atomic mass is 16.8. The van der Waals surface area contributed by atoms with Crippen LogP contribution in [0.15, 0.2) is 39.5 Å². The summed E-state index contributed by atoms with van der Waals surface area (Å²) in [5, 5.41) is 0.759. The smallest absolute Gasteiger partial charge is 0.461 e. The molecule has 0 spiro atoms. The molecule has 4 rings (SSSR count). The van der Waals surface area contributed by atoms with Crippen LogP contribution in [0.25, 0.3) is 11.0 Å². The first-order valence-electron chi connectivity index (χ1n) is 8.16. The van der Waals surface area contributed by atoms with Crippen molar-refractivity contribution in [2.24, 2.45) is 0 Å². The molecular weight excluding hydrogens is 344 g/mol. The van der Waals surface area contributed by atoms with Crippen molar-refractivity contribution in [3.63, 3.8) is 0 Å². The number of hydrogen-bond donors (Lipinski definition) is 0. The van der Waals surface area contributed by atoms with Gasteiger partial charge in [-0.15, -0.1) is 0 Å².